The second-order valence-electron chi connectivity index (χ2n) is 4.31. The largest absolute Gasteiger partial charge is 0.386 e. The lowest BCUT2D eigenvalue weighted by molar-refractivity contribution is -0.0671. The number of aromatic nitrogens is 1. The number of rotatable bonds is 1. The second kappa shape index (κ2) is 3.25. The maximum Gasteiger partial charge on any atom is 0.270 e. The molecule has 1 aromatic heterocycles. The summed E-state index contributed by atoms with van der Waals surface area (Å²) in [6.07, 6.45) is 1.69. The maximum absolute atomic E-state index is 11.9. The van der Waals surface area contributed by atoms with Crippen molar-refractivity contribution in [3.05, 3.63) is 23.0 Å². The summed E-state index contributed by atoms with van der Waals surface area (Å²) in [5, 5.41) is 10.1. The highest BCUT2D eigenvalue weighted by Crippen LogP contribution is 2.23. The van der Waals surface area contributed by atoms with Crippen molar-refractivity contribution in [2.24, 2.45) is 7.05 Å². The van der Waals surface area contributed by atoms with Crippen LogP contribution in [0.15, 0.2) is 12.3 Å². The van der Waals surface area contributed by atoms with Crippen LogP contribution in [0.5, 0.6) is 0 Å². The molecule has 1 saturated heterocycles. The average molecular weight is 229 g/mol. The molecule has 2 rings (SSSR count). The highest BCUT2D eigenvalue weighted by molar-refractivity contribution is 6.31. The molecule has 0 aliphatic carbocycles. The topological polar surface area (TPSA) is 45.5 Å². The van der Waals surface area contributed by atoms with Crippen LogP contribution in [0.25, 0.3) is 0 Å². The summed E-state index contributed by atoms with van der Waals surface area (Å²) >= 11 is 5.79. The van der Waals surface area contributed by atoms with Gasteiger partial charge < -0.3 is 14.6 Å². The van der Waals surface area contributed by atoms with Gasteiger partial charge in [0.25, 0.3) is 5.91 Å². The number of halogens is 1. The molecule has 0 unspecified atom stereocenters. The fraction of sp³-hybridized carbons (Fsp3) is 0.500. The lowest BCUT2D eigenvalue weighted by atomic mass is 9.96. The molecule has 82 valence electrons. The van der Waals surface area contributed by atoms with E-state index >= 15 is 0 Å². The Balaban J connectivity index is 2.13. The minimum absolute atomic E-state index is 0.0871. The first-order valence-electron chi connectivity index (χ1n) is 4.72. The number of nitrogens with zero attached hydrogens (tertiary/aromatic N) is 2. The van der Waals surface area contributed by atoms with Crippen LogP contribution in [0.2, 0.25) is 5.02 Å². The quantitative estimate of drug-likeness (QED) is 0.776. The number of likely N-dealkylation sites (tertiary alicyclic amines) is 1. The van der Waals surface area contributed by atoms with E-state index in [-0.39, 0.29) is 5.91 Å². The van der Waals surface area contributed by atoms with Gasteiger partial charge in [0.05, 0.1) is 23.7 Å². The molecule has 15 heavy (non-hydrogen) atoms. The van der Waals surface area contributed by atoms with E-state index in [0.717, 1.165) is 0 Å². The number of β-amino-alcohol motifs (C(OH)–C–C–N with tert-alkyl or cyclic N) is 1. The summed E-state index contributed by atoms with van der Waals surface area (Å²) in [4.78, 5) is 13.5. The summed E-state index contributed by atoms with van der Waals surface area (Å²) in [6.45, 7) is 2.48. The van der Waals surface area contributed by atoms with Gasteiger partial charge in [-0.1, -0.05) is 11.6 Å². The molecule has 5 heteroatoms. The van der Waals surface area contributed by atoms with Gasteiger partial charge in [-0.25, -0.2) is 0 Å². The zero-order valence-corrected chi connectivity index (χ0v) is 9.45. The summed E-state index contributed by atoms with van der Waals surface area (Å²) in [5.74, 6) is -0.0871. The Labute approximate surface area is 93.1 Å². The van der Waals surface area contributed by atoms with Gasteiger partial charge >= 0.3 is 0 Å². The Hall–Kier alpha value is -1.00. The molecule has 1 aliphatic heterocycles. The third-order valence-electron chi connectivity index (χ3n) is 2.54. The summed E-state index contributed by atoms with van der Waals surface area (Å²) in [6, 6.07) is 1.64. The van der Waals surface area contributed by atoms with E-state index < -0.39 is 5.60 Å². The third kappa shape index (κ3) is 1.87. The van der Waals surface area contributed by atoms with Crippen molar-refractivity contribution in [2.45, 2.75) is 12.5 Å². The van der Waals surface area contributed by atoms with E-state index in [4.69, 9.17) is 11.6 Å². The Bertz CT molecular complexity index is 404. The standard InChI is InChI=1S/C10H13ClN2O2/c1-10(15)5-13(6-10)9(14)8-3-7(11)4-12(8)2/h3-4,15H,5-6H2,1-2H3. The zero-order chi connectivity index (χ0) is 11.2. The van der Waals surface area contributed by atoms with Crippen LogP contribution >= 0.6 is 11.6 Å². The smallest absolute Gasteiger partial charge is 0.270 e. The van der Waals surface area contributed by atoms with Crippen molar-refractivity contribution in [1.29, 1.82) is 0 Å². The van der Waals surface area contributed by atoms with Gasteiger partial charge in [-0.2, -0.15) is 0 Å². The maximum atomic E-state index is 11.9. The molecule has 1 fully saturated rings. The van der Waals surface area contributed by atoms with Crippen LogP contribution < -0.4 is 0 Å². The first-order valence-corrected chi connectivity index (χ1v) is 5.10. The number of carbonyl (C=O) groups is 1. The van der Waals surface area contributed by atoms with Gasteiger partial charge in [-0.05, 0) is 13.0 Å². The predicted octanol–water partition coefficient (Wildman–Crippen LogP) is 0.885. The molecule has 0 saturated carbocycles. The second-order valence-corrected chi connectivity index (χ2v) is 4.75. The van der Waals surface area contributed by atoms with E-state index in [2.05, 4.69) is 0 Å². The van der Waals surface area contributed by atoms with Crippen molar-refractivity contribution in [3.63, 3.8) is 0 Å². The van der Waals surface area contributed by atoms with Crippen molar-refractivity contribution < 1.29 is 9.90 Å². The molecule has 1 aliphatic rings. The molecule has 1 N–H and O–H groups in total. The number of aryl methyl sites for hydroxylation is 1. The first kappa shape index (κ1) is 10.5. The van der Waals surface area contributed by atoms with Gasteiger partial charge in [0, 0.05) is 13.2 Å². The number of amides is 1. The Morgan fingerprint density at radius 3 is 2.60 bits per heavy atom. The summed E-state index contributed by atoms with van der Waals surface area (Å²) in [5.41, 5.74) is -0.180. The van der Waals surface area contributed by atoms with Crippen molar-refractivity contribution in [1.82, 2.24) is 9.47 Å². The van der Waals surface area contributed by atoms with E-state index in [1.54, 1.807) is 35.7 Å². The molecule has 0 bridgehead atoms. The SMILES string of the molecule is Cn1cc(Cl)cc1C(=O)N1CC(C)(O)C1. The Kier molecular flexibility index (Phi) is 2.28. The lowest BCUT2D eigenvalue weighted by Crippen LogP contribution is -2.61. The Morgan fingerprint density at radius 1 is 1.60 bits per heavy atom. The number of hydrogen-bond acceptors (Lipinski definition) is 2. The molecule has 0 aromatic carbocycles. The van der Waals surface area contributed by atoms with Crippen LogP contribution in [-0.2, 0) is 7.05 Å². The van der Waals surface area contributed by atoms with Crippen molar-refractivity contribution in [3.8, 4) is 0 Å². The molecule has 2 heterocycles. The monoisotopic (exact) mass is 228 g/mol. The minimum Gasteiger partial charge on any atom is -0.386 e. The molecule has 1 amide bonds. The van der Waals surface area contributed by atoms with Gasteiger partial charge in [-0.3, -0.25) is 4.79 Å². The fourth-order valence-corrected chi connectivity index (χ4v) is 2.07. The molecule has 4 nitrogen and oxygen atoms in total. The Morgan fingerprint density at radius 2 is 2.20 bits per heavy atom. The van der Waals surface area contributed by atoms with Crippen LogP contribution in [0, 0.1) is 0 Å². The summed E-state index contributed by atoms with van der Waals surface area (Å²) in [7, 11) is 1.77. The molecule has 0 spiro atoms. The van der Waals surface area contributed by atoms with E-state index in [1.165, 1.54) is 0 Å². The van der Waals surface area contributed by atoms with Crippen molar-refractivity contribution in [2.75, 3.05) is 13.1 Å². The normalized spacial score (nSPS) is 18.8. The average Bonchev–Trinajstić information content (AvgIpc) is 2.40. The summed E-state index contributed by atoms with van der Waals surface area (Å²) < 4.78 is 1.69. The van der Waals surface area contributed by atoms with Gasteiger partial charge in [0.2, 0.25) is 0 Å². The zero-order valence-electron chi connectivity index (χ0n) is 8.70. The fourth-order valence-electron chi connectivity index (χ4n) is 1.82. The number of aliphatic hydroxyl groups is 1. The lowest BCUT2D eigenvalue weighted by Gasteiger charge is -2.44. The van der Waals surface area contributed by atoms with Gasteiger partial charge in [0.15, 0.2) is 0 Å². The molecule has 0 radical (unpaired) electrons. The molecule has 0 atom stereocenters. The predicted molar refractivity (Wildman–Crippen MR) is 57.0 cm³/mol. The van der Waals surface area contributed by atoms with Crippen LogP contribution in [-0.4, -0.2) is 39.2 Å². The highest BCUT2D eigenvalue weighted by Gasteiger charge is 2.40. The van der Waals surface area contributed by atoms with Gasteiger partial charge in [0.1, 0.15) is 5.69 Å². The third-order valence-corrected chi connectivity index (χ3v) is 2.75. The van der Waals surface area contributed by atoms with Crippen LogP contribution in [0.1, 0.15) is 17.4 Å². The molecular weight excluding hydrogens is 216 g/mol. The van der Waals surface area contributed by atoms with E-state index in [1.807, 2.05) is 0 Å². The van der Waals surface area contributed by atoms with E-state index in [9.17, 15) is 9.90 Å². The number of carbonyl (C=O) groups excluding carboxylic acids is 1. The van der Waals surface area contributed by atoms with Crippen LogP contribution in [0.4, 0.5) is 0 Å². The molecular formula is C10H13ClN2O2. The van der Waals surface area contributed by atoms with Crippen molar-refractivity contribution >= 4 is 17.5 Å². The van der Waals surface area contributed by atoms with E-state index in [0.29, 0.717) is 23.8 Å². The highest BCUT2D eigenvalue weighted by atomic mass is 35.5. The first-order chi connectivity index (χ1) is 6.89. The molecule has 1 aromatic rings. The minimum atomic E-state index is -0.732. The van der Waals surface area contributed by atoms with Gasteiger partial charge in [-0.15, -0.1) is 0 Å². The number of hydrogen-bond donors (Lipinski definition) is 1. The van der Waals surface area contributed by atoms with Crippen LogP contribution in [0.3, 0.4) is 0 Å².